The van der Waals surface area contributed by atoms with Gasteiger partial charge in [-0.25, -0.2) is 4.68 Å². The fourth-order valence-electron chi connectivity index (χ4n) is 1.74. The van der Waals surface area contributed by atoms with E-state index in [1.165, 1.54) is 4.68 Å². The maximum Gasteiger partial charge on any atom is 0.353 e. The molecule has 6 nitrogen and oxygen atoms in total. The zero-order valence-corrected chi connectivity index (χ0v) is 12.8. The number of benzene rings is 1. The molecule has 0 aliphatic rings. The maximum atomic E-state index is 11.1. The predicted molar refractivity (Wildman–Crippen MR) is 78.6 cm³/mol. The number of nitro groups is 1. The van der Waals surface area contributed by atoms with Crippen molar-refractivity contribution in [1.82, 2.24) is 9.78 Å². The summed E-state index contributed by atoms with van der Waals surface area (Å²) in [6.07, 6.45) is 0. The molecule has 0 amide bonds. The fraction of sp³-hybridized carbons (Fsp3) is 0.250. The van der Waals surface area contributed by atoms with Crippen molar-refractivity contribution in [2.75, 3.05) is 0 Å². The first-order chi connectivity index (χ1) is 8.90. The van der Waals surface area contributed by atoms with Gasteiger partial charge >= 0.3 is 5.69 Å². The third kappa shape index (κ3) is 2.70. The summed E-state index contributed by atoms with van der Waals surface area (Å²) in [4.78, 5) is 10.6. The van der Waals surface area contributed by atoms with Crippen molar-refractivity contribution in [2.24, 2.45) is 7.05 Å². The van der Waals surface area contributed by atoms with Crippen LogP contribution < -0.4 is 4.74 Å². The first-order valence-corrected chi connectivity index (χ1v) is 6.60. The van der Waals surface area contributed by atoms with Gasteiger partial charge in [-0.2, -0.15) is 5.10 Å². The van der Waals surface area contributed by atoms with Gasteiger partial charge in [-0.05, 0) is 54.1 Å². The summed E-state index contributed by atoms with van der Waals surface area (Å²) in [6, 6.07) is 5.70. The van der Waals surface area contributed by atoms with Crippen molar-refractivity contribution >= 4 is 28.3 Å². The van der Waals surface area contributed by atoms with Gasteiger partial charge in [0.1, 0.15) is 11.4 Å². The first-order valence-electron chi connectivity index (χ1n) is 5.52. The normalized spacial score (nSPS) is 10.5. The molecule has 0 spiro atoms. The molecule has 1 aromatic heterocycles. The number of hydrogen-bond donors (Lipinski definition) is 0. The summed E-state index contributed by atoms with van der Waals surface area (Å²) < 4.78 is 7.95. The minimum absolute atomic E-state index is 0.0974. The van der Waals surface area contributed by atoms with Crippen molar-refractivity contribution in [3.05, 3.63) is 43.1 Å². The maximum absolute atomic E-state index is 11.1. The summed E-state index contributed by atoms with van der Waals surface area (Å²) in [6.45, 7) is 3.53. The van der Waals surface area contributed by atoms with Gasteiger partial charge < -0.3 is 4.74 Å². The smallest absolute Gasteiger partial charge is 0.353 e. The third-order valence-electron chi connectivity index (χ3n) is 2.62. The van der Waals surface area contributed by atoms with Gasteiger partial charge in [-0.3, -0.25) is 10.1 Å². The van der Waals surface area contributed by atoms with Crippen LogP contribution in [0.25, 0.3) is 0 Å². The predicted octanol–water partition coefficient (Wildman–Crippen LogP) is 3.34. The molecule has 0 N–H and O–H groups in total. The van der Waals surface area contributed by atoms with Gasteiger partial charge in [0.05, 0.1) is 8.49 Å². The van der Waals surface area contributed by atoms with Crippen LogP contribution in [0.5, 0.6) is 11.6 Å². The van der Waals surface area contributed by atoms with Gasteiger partial charge in [0.2, 0.25) is 0 Å². The molecule has 0 atom stereocenters. The molecule has 2 aromatic rings. The Hall–Kier alpha value is -1.64. The quantitative estimate of drug-likeness (QED) is 0.470. The van der Waals surface area contributed by atoms with Crippen molar-refractivity contribution in [2.45, 2.75) is 13.8 Å². The van der Waals surface area contributed by atoms with Crippen LogP contribution in [0, 0.1) is 27.5 Å². The molecule has 2 rings (SSSR count). The van der Waals surface area contributed by atoms with Crippen LogP contribution in [0.4, 0.5) is 5.69 Å². The van der Waals surface area contributed by atoms with Crippen LogP contribution in [-0.2, 0) is 7.05 Å². The van der Waals surface area contributed by atoms with E-state index in [0.717, 1.165) is 9.13 Å². The van der Waals surface area contributed by atoms with E-state index in [1.54, 1.807) is 14.0 Å². The molecule has 1 heterocycles. The molecule has 7 heteroatoms. The second-order valence-electron chi connectivity index (χ2n) is 4.16. The molecule has 0 aliphatic carbocycles. The highest BCUT2D eigenvalue weighted by Crippen LogP contribution is 2.35. The summed E-state index contributed by atoms with van der Waals surface area (Å²) in [7, 11) is 1.62. The molecular weight excluding hydrogens is 361 g/mol. The number of ether oxygens (including phenoxy) is 1. The molecule has 0 fully saturated rings. The van der Waals surface area contributed by atoms with Crippen molar-refractivity contribution in [3.63, 3.8) is 0 Å². The molecule has 1 aromatic carbocycles. The Labute approximate surface area is 123 Å². The van der Waals surface area contributed by atoms with E-state index in [2.05, 4.69) is 27.7 Å². The Morgan fingerprint density at radius 3 is 2.74 bits per heavy atom. The minimum Gasteiger partial charge on any atom is -0.433 e. The number of rotatable bonds is 3. The minimum atomic E-state index is -0.472. The van der Waals surface area contributed by atoms with Crippen molar-refractivity contribution in [3.8, 4) is 11.6 Å². The lowest BCUT2D eigenvalue weighted by molar-refractivity contribution is -0.386. The van der Waals surface area contributed by atoms with Crippen LogP contribution >= 0.6 is 22.6 Å². The third-order valence-corrected chi connectivity index (χ3v) is 3.51. The zero-order chi connectivity index (χ0) is 14.2. The van der Waals surface area contributed by atoms with E-state index in [0.29, 0.717) is 11.4 Å². The van der Waals surface area contributed by atoms with Gasteiger partial charge in [0.25, 0.3) is 5.88 Å². The largest absolute Gasteiger partial charge is 0.433 e. The zero-order valence-electron chi connectivity index (χ0n) is 10.7. The average molecular weight is 373 g/mol. The molecule has 100 valence electrons. The van der Waals surface area contributed by atoms with Gasteiger partial charge in [0.15, 0.2) is 0 Å². The summed E-state index contributed by atoms with van der Waals surface area (Å²) in [5.41, 5.74) is 1.27. The Kier molecular flexibility index (Phi) is 3.74. The fourth-order valence-corrected chi connectivity index (χ4v) is 2.19. The number of hydrogen-bond acceptors (Lipinski definition) is 4. The van der Waals surface area contributed by atoms with E-state index in [9.17, 15) is 10.1 Å². The van der Waals surface area contributed by atoms with Crippen molar-refractivity contribution in [1.29, 1.82) is 0 Å². The molecule has 0 aliphatic heterocycles. The molecule has 0 saturated heterocycles. The summed E-state index contributed by atoms with van der Waals surface area (Å²) in [5, 5.41) is 15.1. The highest BCUT2D eigenvalue weighted by Gasteiger charge is 2.26. The van der Waals surface area contributed by atoms with Gasteiger partial charge in [-0.1, -0.05) is 6.07 Å². The molecular formula is C12H12IN3O3. The lowest BCUT2D eigenvalue weighted by Gasteiger charge is -2.08. The van der Waals surface area contributed by atoms with E-state index in [-0.39, 0.29) is 11.6 Å². The number of aromatic nitrogens is 2. The highest BCUT2D eigenvalue weighted by atomic mass is 127. The Morgan fingerprint density at radius 2 is 2.11 bits per heavy atom. The van der Waals surface area contributed by atoms with E-state index in [1.807, 2.05) is 25.1 Å². The lowest BCUT2D eigenvalue weighted by Crippen LogP contribution is -1.98. The van der Waals surface area contributed by atoms with E-state index >= 15 is 0 Å². The second-order valence-corrected chi connectivity index (χ2v) is 5.32. The Morgan fingerprint density at radius 1 is 1.42 bits per heavy atom. The second kappa shape index (κ2) is 5.16. The summed E-state index contributed by atoms with van der Waals surface area (Å²) in [5.74, 6) is 0.734. The lowest BCUT2D eigenvalue weighted by atomic mass is 10.2. The standard InChI is InChI=1S/C12H12IN3O3/c1-7-4-5-9(13)10(6-7)19-12-11(16(17)18)8(2)14-15(12)3/h4-6H,1-3H3. The monoisotopic (exact) mass is 373 g/mol. The summed E-state index contributed by atoms with van der Waals surface area (Å²) >= 11 is 2.13. The van der Waals surface area contributed by atoms with Gasteiger partial charge in [-0.15, -0.1) is 0 Å². The molecule has 0 unspecified atom stereocenters. The van der Waals surface area contributed by atoms with Crippen LogP contribution in [0.2, 0.25) is 0 Å². The Balaban J connectivity index is 2.49. The van der Waals surface area contributed by atoms with Crippen LogP contribution in [0.3, 0.4) is 0 Å². The van der Waals surface area contributed by atoms with Crippen LogP contribution in [0.15, 0.2) is 18.2 Å². The Bertz CT molecular complexity index is 652. The molecule has 0 saturated carbocycles. The first kappa shape index (κ1) is 13.8. The highest BCUT2D eigenvalue weighted by molar-refractivity contribution is 14.1. The van der Waals surface area contributed by atoms with Crippen LogP contribution in [0.1, 0.15) is 11.3 Å². The number of halogens is 1. The average Bonchev–Trinajstić information content (AvgIpc) is 2.59. The molecule has 0 bridgehead atoms. The van der Waals surface area contributed by atoms with Crippen LogP contribution in [-0.4, -0.2) is 14.7 Å². The number of aryl methyl sites for hydroxylation is 3. The molecule has 0 radical (unpaired) electrons. The SMILES string of the molecule is Cc1ccc(I)c(Oc2c([N+](=O)[O-])c(C)nn2C)c1. The van der Waals surface area contributed by atoms with Gasteiger partial charge in [0, 0.05) is 7.05 Å². The molecule has 19 heavy (non-hydrogen) atoms. The number of nitrogens with zero attached hydrogens (tertiary/aromatic N) is 3. The topological polar surface area (TPSA) is 70.2 Å². The van der Waals surface area contributed by atoms with E-state index in [4.69, 9.17) is 4.74 Å². The van der Waals surface area contributed by atoms with Crippen molar-refractivity contribution < 1.29 is 9.66 Å². The van der Waals surface area contributed by atoms with E-state index < -0.39 is 4.92 Å².